The van der Waals surface area contributed by atoms with Crippen molar-refractivity contribution in [1.82, 2.24) is 4.98 Å². The molecule has 0 aliphatic heterocycles. The number of rotatable bonds is 4. The van der Waals surface area contributed by atoms with Gasteiger partial charge in [-0.25, -0.2) is 0 Å². The molecule has 90 valence electrons. The van der Waals surface area contributed by atoms with Gasteiger partial charge in [0.05, 0.1) is 11.1 Å². The Kier molecular flexibility index (Phi) is 3.18. The van der Waals surface area contributed by atoms with E-state index in [0.717, 1.165) is 30.2 Å². The maximum Gasteiger partial charge on any atom is 0.163 e. The van der Waals surface area contributed by atoms with Crippen molar-refractivity contribution in [3.8, 4) is 5.75 Å². The second kappa shape index (κ2) is 4.62. The number of ketones is 1. The fraction of sp³-hybridized carbons (Fsp3) is 0.357. The van der Waals surface area contributed by atoms with Crippen LogP contribution in [0.2, 0.25) is 0 Å². The second-order valence-electron chi connectivity index (χ2n) is 4.36. The number of carbonyl (C=O) groups excluding carboxylic acids is 1. The zero-order valence-corrected chi connectivity index (χ0v) is 10.2. The van der Waals surface area contributed by atoms with Gasteiger partial charge >= 0.3 is 0 Å². The topological polar surface area (TPSA) is 53.1 Å². The van der Waals surface area contributed by atoms with E-state index < -0.39 is 0 Å². The number of H-pyrrole nitrogens is 1. The number of fused-ring (bicyclic) bond motifs is 1. The van der Waals surface area contributed by atoms with E-state index in [1.807, 2.05) is 12.1 Å². The maximum atomic E-state index is 11.6. The molecule has 3 nitrogen and oxygen atoms in total. The summed E-state index contributed by atoms with van der Waals surface area (Å²) in [5, 5.41) is 11.1. The van der Waals surface area contributed by atoms with Crippen molar-refractivity contribution in [3.63, 3.8) is 0 Å². The number of nitrogens with one attached hydrogen (secondary N) is 1. The van der Waals surface area contributed by atoms with Crippen LogP contribution in [-0.4, -0.2) is 15.9 Å². The average molecular weight is 231 g/mol. The summed E-state index contributed by atoms with van der Waals surface area (Å²) >= 11 is 0. The normalized spacial score (nSPS) is 10.9. The van der Waals surface area contributed by atoms with Crippen molar-refractivity contribution < 1.29 is 9.90 Å². The first-order valence-corrected chi connectivity index (χ1v) is 5.98. The third-order valence-electron chi connectivity index (χ3n) is 3.06. The summed E-state index contributed by atoms with van der Waals surface area (Å²) in [6.07, 6.45) is 4.71. The fourth-order valence-electron chi connectivity index (χ4n) is 2.20. The molecule has 0 unspecified atom stereocenters. The molecule has 17 heavy (non-hydrogen) atoms. The van der Waals surface area contributed by atoms with Gasteiger partial charge in [-0.3, -0.25) is 4.79 Å². The zero-order chi connectivity index (χ0) is 12.4. The summed E-state index contributed by atoms with van der Waals surface area (Å²) in [6, 6.07) is 3.91. The van der Waals surface area contributed by atoms with E-state index in [0.29, 0.717) is 11.1 Å². The van der Waals surface area contributed by atoms with Crippen molar-refractivity contribution in [3.05, 3.63) is 29.5 Å². The quantitative estimate of drug-likeness (QED) is 0.792. The molecule has 2 N–H and O–H groups in total. The number of carbonyl (C=O) groups is 1. The van der Waals surface area contributed by atoms with Crippen molar-refractivity contribution in [1.29, 1.82) is 0 Å². The van der Waals surface area contributed by atoms with Crippen LogP contribution in [0.1, 0.15) is 42.6 Å². The van der Waals surface area contributed by atoms with Crippen LogP contribution in [0.4, 0.5) is 0 Å². The molecule has 0 radical (unpaired) electrons. The molecule has 0 aliphatic rings. The van der Waals surface area contributed by atoms with E-state index in [1.54, 1.807) is 6.20 Å². The molecule has 0 aliphatic carbocycles. The Bertz CT molecular complexity index is 555. The minimum atomic E-state index is -0.0786. The first-order valence-electron chi connectivity index (χ1n) is 5.98. The Morgan fingerprint density at radius 3 is 2.88 bits per heavy atom. The SMILES string of the molecule is CCCCc1cc2cc[nH]c2c(O)c1C(C)=O. The number of benzene rings is 1. The Balaban J connectivity index is 2.62. The van der Waals surface area contributed by atoms with E-state index in [4.69, 9.17) is 0 Å². The summed E-state index contributed by atoms with van der Waals surface area (Å²) in [4.78, 5) is 14.6. The minimum absolute atomic E-state index is 0.0786. The predicted molar refractivity (Wildman–Crippen MR) is 68.6 cm³/mol. The number of phenolic OH excluding ortho intramolecular Hbond substituents is 1. The summed E-state index contributed by atoms with van der Waals surface area (Å²) in [5.74, 6) is 0.0104. The van der Waals surface area contributed by atoms with Gasteiger partial charge in [-0.2, -0.15) is 0 Å². The van der Waals surface area contributed by atoms with Crippen LogP contribution in [0.3, 0.4) is 0 Å². The smallest absolute Gasteiger partial charge is 0.163 e. The van der Waals surface area contributed by atoms with Crippen molar-refractivity contribution >= 4 is 16.7 Å². The lowest BCUT2D eigenvalue weighted by Gasteiger charge is -2.10. The van der Waals surface area contributed by atoms with Gasteiger partial charge in [0.15, 0.2) is 11.5 Å². The van der Waals surface area contributed by atoms with Crippen LogP contribution in [0.25, 0.3) is 10.9 Å². The number of aryl methyl sites for hydroxylation is 1. The first kappa shape index (κ1) is 11.7. The van der Waals surface area contributed by atoms with Crippen molar-refractivity contribution in [2.45, 2.75) is 33.1 Å². The van der Waals surface area contributed by atoms with Gasteiger partial charge in [-0.15, -0.1) is 0 Å². The molecule has 2 rings (SSSR count). The Labute approximate surface area is 100 Å². The fourth-order valence-corrected chi connectivity index (χ4v) is 2.20. The molecular weight excluding hydrogens is 214 g/mol. The maximum absolute atomic E-state index is 11.6. The van der Waals surface area contributed by atoms with Gasteiger partial charge in [0, 0.05) is 11.6 Å². The number of aromatic nitrogens is 1. The lowest BCUT2D eigenvalue weighted by molar-refractivity contribution is 0.101. The lowest BCUT2D eigenvalue weighted by atomic mass is 9.96. The first-order chi connectivity index (χ1) is 8.15. The van der Waals surface area contributed by atoms with E-state index in [2.05, 4.69) is 11.9 Å². The number of unbranched alkanes of at least 4 members (excludes halogenated alkanes) is 1. The highest BCUT2D eigenvalue weighted by Crippen LogP contribution is 2.32. The van der Waals surface area contributed by atoms with Gasteiger partial charge in [-0.05, 0) is 37.5 Å². The van der Waals surface area contributed by atoms with Gasteiger partial charge in [-0.1, -0.05) is 13.3 Å². The van der Waals surface area contributed by atoms with Gasteiger partial charge in [0.25, 0.3) is 0 Å². The summed E-state index contributed by atoms with van der Waals surface area (Å²) in [5.41, 5.74) is 2.06. The van der Waals surface area contributed by atoms with Crippen LogP contribution >= 0.6 is 0 Å². The number of Topliss-reactive ketones (excluding diaryl/α,β-unsaturated/α-hetero) is 1. The lowest BCUT2D eigenvalue weighted by Crippen LogP contribution is -2.01. The third kappa shape index (κ3) is 2.05. The number of hydrogen-bond acceptors (Lipinski definition) is 2. The van der Waals surface area contributed by atoms with Gasteiger partial charge in [0.1, 0.15) is 0 Å². The molecule has 3 heteroatoms. The number of hydrogen-bond donors (Lipinski definition) is 2. The molecule has 0 saturated heterocycles. The molecule has 0 bridgehead atoms. The molecule has 0 saturated carbocycles. The van der Waals surface area contributed by atoms with E-state index >= 15 is 0 Å². The van der Waals surface area contributed by atoms with Crippen molar-refractivity contribution in [2.24, 2.45) is 0 Å². The zero-order valence-electron chi connectivity index (χ0n) is 10.2. The van der Waals surface area contributed by atoms with Crippen LogP contribution in [-0.2, 0) is 6.42 Å². The Morgan fingerprint density at radius 1 is 1.47 bits per heavy atom. The molecular formula is C14H17NO2. The molecule has 0 atom stereocenters. The highest BCUT2D eigenvalue weighted by molar-refractivity contribution is 6.04. The van der Waals surface area contributed by atoms with Crippen LogP contribution < -0.4 is 0 Å². The van der Waals surface area contributed by atoms with Gasteiger partial charge < -0.3 is 10.1 Å². The van der Waals surface area contributed by atoms with Gasteiger partial charge in [0.2, 0.25) is 0 Å². The average Bonchev–Trinajstić information content (AvgIpc) is 2.74. The molecule has 0 amide bonds. The summed E-state index contributed by atoms with van der Waals surface area (Å²) < 4.78 is 0. The van der Waals surface area contributed by atoms with Crippen molar-refractivity contribution in [2.75, 3.05) is 0 Å². The Hall–Kier alpha value is -1.77. The van der Waals surface area contributed by atoms with E-state index in [-0.39, 0.29) is 11.5 Å². The standard InChI is InChI=1S/C14H17NO2/c1-3-4-5-10-8-11-6-7-15-13(11)14(17)12(10)9(2)16/h6-8,15,17H,3-5H2,1-2H3. The molecule has 2 aromatic rings. The highest BCUT2D eigenvalue weighted by Gasteiger charge is 2.16. The van der Waals surface area contributed by atoms with E-state index in [1.165, 1.54) is 6.92 Å². The number of aromatic hydroxyl groups is 1. The molecule has 1 aromatic heterocycles. The highest BCUT2D eigenvalue weighted by atomic mass is 16.3. The van der Waals surface area contributed by atoms with E-state index in [9.17, 15) is 9.90 Å². The largest absolute Gasteiger partial charge is 0.505 e. The minimum Gasteiger partial charge on any atom is -0.505 e. The summed E-state index contributed by atoms with van der Waals surface area (Å²) in [6.45, 7) is 3.61. The third-order valence-corrected chi connectivity index (χ3v) is 3.06. The molecule has 0 fully saturated rings. The Morgan fingerprint density at radius 2 is 2.24 bits per heavy atom. The monoisotopic (exact) mass is 231 g/mol. The summed E-state index contributed by atoms with van der Waals surface area (Å²) in [7, 11) is 0. The van der Waals surface area contributed by atoms with Crippen LogP contribution in [0, 0.1) is 0 Å². The van der Waals surface area contributed by atoms with Crippen LogP contribution in [0.5, 0.6) is 5.75 Å². The molecule has 0 spiro atoms. The molecule has 1 aromatic carbocycles. The second-order valence-corrected chi connectivity index (χ2v) is 4.36. The molecule has 1 heterocycles. The number of phenols is 1. The predicted octanol–water partition coefficient (Wildman–Crippen LogP) is 3.42. The van der Waals surface area contributed by atoms with Crippen LogP contribution in [0.15, 0.2) is 18.3 Å². The number of aromatic amines is 1.